The van der Waals surface area contributed by atoms with Crippen LogP contribution in [-0.2, 0) is 6.61 Å². The lowest BCUT2D eigenvalue weighted by Gasteiger charge is -1.88. The van der Waals surface area contributed by atoms with Gasteiger partial charge in [0, 0.05) is 6.07 Å². The van der Waals surface area contributed by atoms with Crippen LogP contribution < -0.4 is 0 Å². The number of furan rings is 1. The second kappa shape index (κ2) is 3.31. The Morgan fingerprint density at radius 1 is 1.36 bits per heavy atom. The van der Waals surface area contributed by atoms with E-state index in [9.17, 15) is 0 Å². The van der Waals surface area contributed by atoms with Gasteiger partial charge in [-0.1, -0.05) is 5.16 Å². The summed E-state index contributed by atoms with van der Waals surface area (Å²) in [5.74, 6) is 2.26. The molecule has 0 radical (unpaired) electrons. The molecule has 14 heavy (non-hydrogen) atoms. The first-order valence-corrected chi connectivity index (χ1v) is 4.34. The average Bonchev–Trinajstić information content (AvgIpc) is 2.71. The standard InChI is InChI=1S/C10H11NO3/c1-6-3-9(7(2)13-6)10-4-8(5-12)11-14-10/h3-4,12H,5H2,1-2H3. The predicted molar refractivity (Wildman–Crippen MR) is 49.6 cm³/mol. The van der Waals surface area contributed by atoms with E-state index in [4.69, 9.17) is 14.0 Å². The molecule has 2 aromatic heterocycles. The van der Waals surface area contributed by atoms with Gasteiger partial charge in [0.15, 0.2) is 5.76 Å². The molecule has 2 aromatic rings. The van der Waals surface area contributed by atoms with Crippen molar-refractivity contribution in [3.05, 3.63) is 29.3 Å². The molecular formula is C10H11NO3. The van der Waals surface area contributed by atoms with Crippen LogP contribution in [-0.4, -0.2) is 10.3 Å². The zero-order chi connectivity index (χ0) is 10.1. The van der Waals surface area contributed by atoms with Gasteiger partial charge in [0.05, 0.1) is 12.2 Å². The van der Waals surface area contributed by atoms with Crippen LogP contribution in [0.15, 0.2) is 21.1 Å². The molecule has 0 spiro atoms. The summed E-state index contributed by atoms with van der Waals surface area (Å²) in [6.07, 6.45) is 0. The first-order valence-electron chi connectivity index (χ1n) is 4.34. The van der Waals surface area contributed by atoms with Crippen molar-refractivity contribution in [3.63, 3.8) is 0 Å². The normalized spacial score (nSPS) is 10.8. The predicted octanol–water partition coefficient (Wildman–Crippen LogP) is 2.04. The van der Waals surface area contributed by atoms with Crippen molar-refractivity contribution >= 4 is 0 Å². The second-order valence-electron chi connectivity index (χ2n) is 3.17. The molecular weight excluding hydrogens is 182 g/mol. The summed E-state index contributed by atoms with van der Waals surface area (Å²) in [5, 5.41) is 12.5. The fourth-order valence-corrected chi connectivity index (χ4v) is 1.39. The summed E-state index contributed by atoms with van der Waals surface area (Å²) in [6.45, 7) is 3.63. The van der Waals surface area contributed by atoms with Gasteiger partial charge in [-0.25, -0.2) is 0 Å². The zero-order valence-corrected chi connectivity index (χ0v) is 8.07. The molecule has 0 saturated heterocycles. The number of aliphatic hydroxyl groups is 1. The number of aryl methyl sites for hydroxylation is 2. The van der Waals surface area contributed by atoms with Gasteiger partial charge in [0.25, 0.3) is 0 Å². The molecule has 0 unspecified atom stereocenters. The van der Waals surface area contributed by atoms with Crippen LogP contribution in [0.25, 0.3) is 11.3 Å². The van der Waals surface area contributed by atoms with E-state index in [0.717, 1.165) is 17.1 Å². The Hall–Kier alpha value is -1.55. The molecule has 0 amide bonds. The fourth-order valence-electron chi connectivity index (χ4n) is 1.39. The van der Waals surface area contributed by atoms with Crippen LogP contribution in [0.1, 0.15) is 17.2 Å². The van der Waals surface area contributed by atoms with Crippen molar-refractivity contribution in [1.82, 2.24) is 5.16 Å². The lowest BCUT2D eigenvalue weighted by atomic mass is 10.2. The minimum Gasteiger partial charge on any atom is -0.466 e. The lowest BCUT2D eigenvalue weighted by molar-refractivity contribution is 0.267. The minimum absolute atomic E-state index is 0.112. The fraction of sp³-hybridized carbons (Fsp3) is 0.300. The summed E-state index contributed by atoms with van der Waals surface area (Å²) >= 11 is 0. The number of aliphatic hydroxyl groups excluding tert-OH is 1. The van der Waals surface area contributed by atoms with E-state index in [1.807, 2.05) is 19.9 Å². The largest absolute Gasteiger partial charge is 0.466 e. The highest BCUT2D eigenvalue weighted by Gasteiger charge is 2.12. The quantitative estimate of drug-likeness (QED) is 0.792. The van der Waals surface area contributed by atoms with Gasteiger partial charge in [0.2, 0.25) is 0 Å². The Balaban J connectivity index is 2.43. The Bertz CT molecular complexity index is 442. The second-order valence-corrected chi connectivity index (χ2v) is 3.17. The number of hydrogen-bond acceptors (Lipinski definition) is 4. The molecule has 0 saturated carbocycles. The minimum atomic E-state index is -0.112. The molecule has 2 rings (SSSR count). The molecule has 0 aliphatic carbocycles. The first-order chi connectivity index (χ1) is 6.70. The highest BCUT2D eigenvalue weighted by molar-refractivity contribution is 5.60. The van der Waals surface area contributed by atoms with Crippen LogP contribution in [0, 0.1) is 13.8 Å². The van der Waals surface area contributed by atoms with Crippen molar-refractivity contribution in [2.24, 2.45) is 0 Å². The monoisotopic (exact) mass is 193 g/mol. The summed E-state index contributed by atoms with van der Waals surface area (Å²) < 4.78 is 10.4. The van der Waals surface area contributed by atoms with Crippen molar-refractivity contribution in [1.29, 1.82) is 0 Å². The van der Waals surface area contributed by atoms with Gasteiger partial charge in [-0.2, -0.15) is 0 Å². The van der Waals surface area contributed by atoms with Crippen molar-refractivity contribution in [2.45, 2.75) is 20.5 Å². The maximum absolute atomic E-state index is 8.83. The topological polar surface area (TPSA) is 59.4 Å². The van der Waals surface area contributed by atoms with E-state index in [0.29, 0.717) is 11.5 Å². The molecule has 0 fully saturated rings. The van der Waals surface area contributed by atoms with Gasteiger partial charge in [-0.3, -0.25) is 0 Å². The summed E-state index contributed by atoms with van der Waals surface area (Å²) in [4.78, 5) is 0. The maximum Gasteiger partial charge on any atom is 0.170 e. The van der Waals surface area contributed by atoms with Crippen LogP contribution in [0.3, 0.4) is 0 Å². The summed E-state index contributed by atoms with van der Waals surface area (Å²) in [7, 11) is 0. The van der Waals surface area contributed by atoms with Crippen LogP contribution in [0.4, 0.5) is 0 Å². The molecule has 0 aliphatic rings. The van der Waals surface area contributed by atoms with Gasteiger partial charge < -0.3 is 14.0 Å². The number of rotatable bonds is 2. The SMILES string of the molecule is Cc1cc(-c2cc(CO)no2)c(C)o1. The number of hydrogen-bond donors (Lipinski definition) is 1. The molecule has 4 heteroatoms. The number of nitrogens with zero attached hydrogens (tertiary/aromatic N) is 1. The molecule has 2 heterocycles. The zero-order valence-electron chi connectivity index (χ0n) is 8.07. The van der Waals surface area contributed by atoms with E-state index in [2.05, 4.69) is 5.16 Å². The van der Waals surface area contributed by atoms with Gasteiger partial charge in [0.1, 0.15) is 17.2 Å². The van der Waals surface area contributed by atoms with E-state index in [1.165, 1.54) is 0 Å². The first kappa shape index (κ1) is 9.02. The number of aromatic nitrogens is 1. The highest BCUT2D eigenvalue weighted by atomic mass is 16.5. The van der Waals surface area contributed by atoms with Gasteiger partial charge >= 0.3 is 0 Å². The van der Waals surface area contributed by atoms with Crippen molar-refractivity contribution in [3.8, 4) is 11.3 Å². The molecule has 0 aromatic carbocycles. The third-order valence-electron chi connectivity index (χ3n) is 2.03. The highest BCUT2D eigenvalue weighted by Crippen LogP contribution is 2.26. The van der Waals surface area contributed by atoms with Crippen LogP contribution in [0.5, 0.6) is 0 Å². The Labute approximate surface area is 81.1 Å². The molecule has 74 valence electrons. The Morgan fingerprint density at radius 3 is 2.64 bits per heavy atom. The average molecular weight is 193 g/mol. The van der Waals surface area contributed by atoms with Gasteiger partial charge in [-0.05, 0) is 19.9 Å². The lowest BCUT2D eigenvalue weighted by Crippen LogP contribution is -1.78. The van der Waals surface area contributed by atoms with Crippen LogP contribution in [0.2, 0.25) is 0 Å². The van der Waals surface area contributed by atoms with Crippen molar-refractivity contribution < 1.29 is 14.0 Å². The van der Waals surface area contributed by atoms with Gasteiger partial charge in [-0.15, -0.1) is 0 Å². The molecule has 0 bridgehead atoms. The van der Waals surface area contributed by atoms with Crippen LogP contribution >= 0.6 is 0 Å². The van der Waals surface area contributed by atoms with Crippen molar-refractivity contribution in [2.75, 3.05) is 0 Å². The molecule has 0 atom stereocenters. The van der Waals surface area contributed by atoms with E-state index >= 15 is 0 Å². The molecule has 4 nitrogen and oxygen atoms in total. The van der Waals surface area contributed by atoms with E-state index in [-0.39, 0.29) is 6.61 Å². The maximum atomic E-state index is 8.83. The smallest absolute Gasteiger partial charge is 0.170 e. The third kappa shape index (κ3) is 1.44. The third-order valence-corrected chi connectivity index (χ3v) is 2.03. The molecule has 0 aliphatic heterocycles. The summed E-state index contributed by atoms with van der Waals surface area (Å²) in [5.41, 5.74) is 1.41. The Kier molecular flexibility index (Phi) is 2.13. The molecule has 1 N–H and O–H groups in total. The van der Waals surface area contributed by atoms with E-state index < -0.39 is 0 Å². The Morgan fingerprint density at radius 2 is 2.14 bits per heavy atom. The van der Waals surface area contributed by atoms with E-state index in [1.54, 1.807) is 6.07 Å². The summed E-state index contributed by atoms with van der Waals surface area (Å²) in [6, 6.07) is 3.59.